The van der Waals surface area contributed by atoms with Crippen molar-refractivity contribution >= 4 is 11.9 Å². The van der Waals surface area contributed by atoms with Gasteiger partial charge in [-0.05, 0) is 33.1 Å². The second kappa shape index (κ2) is 10.2. The molecule has 0 radical (unpaired) electrons. The molecule has 0 fully saturated rings. The zero-order chi connectivity index (χ0) is 15.5. The molecule has 0 bridgehead atoms. The van der Waals surface area contributed by atoms with E-state index in [1.54, 1.807) is 19.9 Å². The fourth-order valence-corrected chi connectivity index (χ4v) is 1.90. The topological polar surface area (TPSA) is 52.6 Å². The summed E-state index contributed by atoms with van der Waals surface area (Å²) in [6.45, 7) is 10.4. The van der Waals surface area contributed by atoms with E-state index in [0.717, 1.165) is 11.1 Å². The molecule has 0 aromatic carbocycles. The highest BCUT2D eigenvalue weighted by Crippen LogP contribution is 2.21. The van der Waals surface area contributed by atoms with Crippen LogP contribution in [0.3, 0.4) is 0 Å². The molecule has 0 atom stereocenters. The first-order valence-corrected chi connectivity index (χ1v) is 7.12. The van der Waals surface area contributed by atoms with E-state index < -0.39 is 0 Å². The van der Waals surface area contributed by atoms with Gasteiger partial charge in [0.15, 0.2) is 0 Å². The molecule has 0 saturated carbocycles. The van der Waals surface area contributed by atoms with Gasteiger partial charge in [0.05, 0.1) is 13.2 Å². The van der Waals surface area contributed by atoms with E-state index >= 15 is 0 Å². The summed E-state index contributed by atoms with van der Waals surface area (Å²) >= 11 is 0. The largest absolute Gasteiger partial charge is 0.466 e. The van der Waals surface area contributed by atoms with E-state index in [0.29, 0.717) is 32.0 Å². The molecule has 0 heterocycles. The maximum Gasteiger partial charge on any atom is 0.330 e. The van der Waals surface area contributed by atoms with E-state index in [2.05, 4.69) is 13.8 Å². The van der Waals surface area contributed by atoms with Crippen molar-refractivity contribution in [2.75, 3.05) is 13.2 Å². The Morgan fingerprint density at radius 1 is 1.00 bits per heavy atom. The van der Waals surface area contributed by atoms with Gasteiger partial charge in [-0.3, -0.25) is 4.79 Å². The van der Waals surface area contributed by atoms with E-state index in [-0.39, 0.29) is 11.9 Å². The zero-order valence-corrected chi connectivity index (χ0v) is 13.2. The molecule has 0 spiro atoms. The number of allylic oxidation sites excluding steroid dienone is 3. The Morgan fingerprint density at radius 3 is 2.10 bits per heavy atom. The van der Waals surface area contributed by atoms with Gasteiger partial charge in [0.2, 0.25) is 0 Å². The second-order valence-electron chi connectivity index (χ2n) is 4.75. The second-order valence-corrected chi connectivity index (χ2v) is 4.75. The number of hydrogen-bond acceptors (Lipinski definition) is 4. The van der Waals surface area contributed by atoms with Crippen LogP contribution >= 0.6 is 0 Å². The van der Waals surface area contributed by atoms with Gasteiger partial charge in [-0.15, -0.1) is 0 Å². The predicted molar refractivity (Wildman–Crippen MR) is 79.2 cm³/mol. The van der Waals surface area contributed by atoms with Crippen LogP contribution in [-0.4, -0.2) is 25.2 Å². The summed E-state index contributed by atoms with van der Waals surface area (Å²) < 4.78 is 9.77. The molecular formula is C16H26O4. The fourth-order valence-electron chi connectivity index (χ4n) is 1.90. The Hall–Kier alpha value is -1.58. The maximum atomic E-state index is 11.4. The van der Waals surface area contributed by atoms with Crippen molar-refractivity contribution < 1.29 is 19.1 Å². The number of ether oxygens (including phenoxy) is 2. The Labute approximate surface area is 121 Å². The number of esters is 2. The maximum absolute atomic E-state index is 11.4. The van der Waals surface area contributed by atoms with Crippen LogP contribution in [0.5, 0.6) is 0 Å². The molecule has 4 heteroatoms. The molecule has 0 aromatic rings. The highest BCUT2D eigenvalue weighted by atomic mass is 16.5. The first-order valence-electron chi connectivity index (χ1n) is 7.12. The van der Waals surface area contributed by atoms with Gasteiger partial charge in [0, 0.05) is 12.5 Å². The van der Waals surface area contributed by atoms with Crippen LogP contribution in [0.2, 0.25) is 0 Å². The summed E-state index contributed by atoms with van der Waals surface area (Å²) in [7, 11) is 0. The van der Waals surface area contributed by atoms with Gasteiger partial charge in [0.1, 0.15) is 0 Å². The van der Waals surface area contributed by atoms with E-state index in [4.69, 9.17) is 9.47 Å². The van der Waals surface area contributed by atoms with Gasteiger partial charge in [0.25, 0.3) is 0 Å². The van der Waals surface area contributed by atoms with Crippen LogP contribution in [0.4, 0.5) is 0 Å². The third-order valence-electron chi connectivity index (χ3n) is 2.86. The number of rotatable bonds is 8. The Morgan fingerprint density at radius 2 is 1.60 bits per heavy atom. The molecule has 0 saturated heterocycles. The van der Waals surface area contributed by atoms with Crippen molar-refractivity contribution in [3.8, 4) is 0 Å². The predicted octanol–water partition coefficient (Wildman–Crippen LogP) is 3.42. The van der Waals surface area contributed by atoms with Crippen LogP contribution in [0.25, 0.3) is 0 Å². The smallest absolute Gasteiger partial charge is 0.330 e. The van der Waals surface area contributed by atoms with Gasteiger partial charge >= 0.3 is 11.9 Å². The fraction of sp³-hybridized carbons (Fsp3) is 0.625. The minimum Gasteiger partial charge on any atom is -0.466 e. The molecule has 20 heavy (non-hydrogen) atoms. The lowest BCUT2D eigenvalue weighted by molar-refractivity contribution is -0.143. The molecule has 0 rings (SSSR count). The lowest BCUT2D eigenvalue weighted by Crippen LogP contribution is -2.07. The third-order valence-corrected chi connectivity index (χ3v) is 2.86. The molecule has 4 nitrogen and oxygen atoms in total. The van der Waals surface area contributed by atoms with Gasteiger partial charge in [-0.1, -0.05) is 31.1 Å². The first kappa shape index (κ1) is 18.4. The van der Waals surface area contributed by atoms with Crippen molar-refractivity contribution in [1.82, 2.24) is 0 Å². The highest BCUT2D eigenvalue weighted by molar-refractivity contribution is 5.82. The van der Waals surface area contributed by atoms with E-state index in [1.807, 2.05) is 6.92 Å². The normalized spacial score (nSPS) is 12.5. The van der Waals surface area contributed by atoms with Gasteiger partial charge < -0.3 is 9.47 Å². The van der Waals surface area contributed by atoms with Crippen molar-refractivity contribution in [1.29, 1.82) is 0 Å². The highest BCUT2D eigenvalue weighted by Gasteiger charge is 2.10. The molecule has 114 valence electrons. The average Bonchev–Trinajstić information content (AvgIpc) is 2.36. The van der Waals surface area contributed by atoms with Crippen LogP contribution in [0.15, 0.2) is 23.3 Å². The molecule has 0 aliphatic rings. The summed E-state index contributed by atoms with van der Waals surface area (Å²) in [6, 6.07) is 0. The molecule has 0 N–H and O–H groups in total. The Bertz CT molecular complexity index is 378. The number of carbonyl (C=O) groups is 2. The summed E-state index contributed by atoms with van der Waals surface area (Å²) in [4.78, 5) is 22.7. The van der Waals surface area contributed by atoms with Crippen molar-refractivity contribution in [3.63, 3.8) is 0 Å². The average molecular weight is 282 g/mol. The van der Waals surface area contributed by atoms with E-state index in [1.165, 1.54) is 6.08 Å². The quantitative estimate of drug-likeness (QED) is 0.389. The van der Waals surface area contributed by atoms with Crippen LogP contribution in [-0.2, 0) is 19.1 Å². The number of carbonyl (C=O) groups excluding carboxylic acids is 2. The van der Waals surface area contributed by atoms with Crippen molar-refractivity contribution in [3.05, 3.63) is 23.3 Å². The Balaban J connectivity index is 4.73. The molecule has 0 unspecified atom stereocenters. The minimum atomic E-state index is -0.347. The standard InChI is InChI=1S/C16H26O4/c1-6-19-15(17)10-8-13(5)14(12(3)4)9-11-16(18)20-7-2/h8,10,12H,6-7,9,11H2,1-5H3/b10-8+,14-13+. The zero-order valence-electron chi connectivity index (χ0n) is 13.2. The Kier molecular flexibility index (Phi) is 9.43. The SMILES string of the molecule is CCOC(=O)/C=C/C(C)=C(\CCC(=O)OCC)C(C)C. The van der Waals surface area contributed by atoms with Crippen molar-refractivity contribution in [2.45, 2.75) is 47.5 Å². The lowest BCUT2D eigenvalue weighted by atomic mass is 9.93. The minimum absolute atomic E-state index is 0.187. The molecule has 0 aliphatic heterocycles. The third kappa shape index (κ3) is 7.77. The van der Waals surface area contributed by atoms with E-state index in [9.17, 15) is 9.59 Å². The van der Waals surface area contributed by atoms with Crippen LogP contribution < -0.4 is 0 Å². The summed E-state index contributed by atoms with van der Waals surface area (Å²) in [6.07, 6.45) is 4.19. The summed E-state index contributed by atoms with van der Waals surface area (Å²) in [5.41, 5.74) is 2.15. The monoisotopic (exact) mass is 282 g/mol. The lowest BCUT2D eigenvalue weighted by Gasteiger charge is -2.13. The summed E-state index contributed by atoms with van der Waals surface area (Å²) in [5, 5.41) is 0. The van der Waals surface area contributed by atoms with Gasteiger partial charge in [-0.2, -0.15) is 0 Å². The molecular weight excluding hydrogens is 256 g/mol. The molecule has 0 aliphatic carbocycles. The van der Waals surface area contributed by atoms with Crippen LogP contribution in [0.1, 0.15) is 47.5 Å². The molecule has 0 amide bonds. The van der Waals surface area contributed by atoms with Crippen LogP contribution in [0, 0.1) is 5.92 Å². The number of hydrogen-bond donors (Lipinski definition) is 0. The van der Waals surface area contributed by atoms with Crippen molar-refractivity contribution in [2.24, 2.45) is 5.92 Å². The summed E-state index contributed by atoms with van der Waals surface area (Å²) in [5.74, 6) is -0.218. The van der Waals surface area contributed by atoms with Gasteiger partial charge in [-0.25, -0.2) is 4.79 Å². The molecule has 0 aromatic heterocycles. The first-order chi connectivity index (χ1) is 9.42.